The Bertz CT molecular complexity index is 859. The predicted octanol–water partition coefficient (Wildman–Crippen LogP) is 3.04. The van der Waals surface area contributed by atoms with Crippen LogP contribution in [0.1, 0.15) is 34.8 Å². The van der Waals surface area contributed by atoms with Gasteiger partial charge in [-0.05, 0) is 43.5 Å². The first-order chi connectivity index (χ1) is 13.9. The van der Waals surface area contributed by atoms with Crippen LogP contribution < -0.4 is 20.1 Å². The third-order valence-corrected chi connectivity index (χ3v) is 4.14. The normalized spacial score (nSPS) is 10.2. The Morgan fingerprint density at radius 3 is 2.41 bits per heavy atom. The minimum atomic E-state index is -0.474. The fourth-order valence-electron chi connectivity index (χ4n) is 2.62. The number of carbonyl (C=O) groups excluding carboxylic acids is 3. The molecule has 2 rings (SSSR count). The second-order valence-corrected chi connectivity index (χ2v) is 6.55. The molecule has 0 fully saturated rings. The zero-order chi connectivity index (χ0) is 21.2. The van der Waals surface area contributed by atoms with Crippen LogP contribution in [0.25, 0.3) is 0 Å². The van der Waals surface area contributed by atoms with Crippen molar-refractivity contribution >= 4 is 23.8 Å². The lowest BCUT2D eigenvalue weighted by atomic mass is 10.1. The topological polar surface area (TPSA) is 93.7 Å². The molecule has 0 atom stereocenters. The third kappa shape index (κ3) is 6.64. The molecule has 0 saturated carbocycles. The van der Waals surface area contributed by atoms with Gasteiger partial charge in [0.2, 0.25) is 5.91 Å². The maximum absolute atomic E-state index is 12.1. The van der Waals surface area contributed by atoms with E-state index in [2.05, 4.69) is 10.6 Å². The second kappa shape index (κ2) is 10.8. The lowest BCUT2D eigenvalue weighted by Crippen LogP contribution is -2.36. The Morgan fingerprint density at radius 2 is 1.76 bits per heavy atom. The van der Waals surface area contributed by atoms with Crippen molar-refractivity contribution in [1.82, 2.24) is 5.32 Å². The molecule has 2 aromatic rings. The van der Waals surface area contributed by atoms with Crippen molar-refractivity contribution in [2.75, 3.05) is 25.1 Å². The lowest BCUT2D eigenvalue weighted by Gasteiger charge is -2.13. The molecule has 2 amide bonds. The highest BCUT2D eigenvalue weighted by Gasteiger charge is 2.11. The summed E-state index contributed by atoms with van der Waals surface area (Å²) in [6.45, 7) is 5.81. The van der Waals surface area contributed by atoms with Crippen molar-refractivity contribution in [2.24, 2.45) is 0 Å². The number of para-hydroxylation sites is 1. The van der Waals surface area contributed by atoms with Crippen LogP contribution in [0, 0.1) is 13.8 Å². The van der Waals surface area contributed by atoms with E-state index in [0.29, 0.717) is 24.2 Å². The van der Waals surface area contributed by atoms with Crippen molar-refractivity contribution in [2.45, 2.75) is 27.2 Å². The number of rotatable bonds is 10. The van der Waals surface area contributed by atoms with Crippen LogP contribution >= 0.6 is 0 Å². The van der Waals surface area contributed by atoms with Gasteiger partial charge in [-0.15, -0.1) is 0 Å². The van der Waals surface area contributed by atoms with E-state index in [-0.39, 0.29) is 24.8 Å². The second-order valence-electron chi connectivity index (χ2n) is 6.55. The van der Waals surface area contributed by atoms with Gasteiger partial charge >= 0.3 is 0 Å². The molecule has 2 aromatic carbocycles. The van der Waals surface area contributed by atoms with E-state index in [0.717, 1.165) is 23.2 Å². The van der Waals surface area contributed by atoms with Crippen molar-refractivity contribution in [1.29, 1.82) is 0 Å². The molecule has 0 saturated heterocycles. The summed E-state index contributed by atoms with van der Waals surface area (Å²) in [6.07, 6.45) is 1.49. The minimum Gasteiger partial charge on any atom is -0.493 e. The molecule has 0 radical (unpaired) electrons. The smallest absolute Gasteiger partial charge is 0.258 e. The number of ether oxygens (including phenoxy) is 2. The molecule has 0 bridgehead atoms. The van der Waals surface area contributed by atoms with Gasteiger partial charge in [-0.1, -0.05) is 25.1 Å². The van der Waals surface area contributed by atoms with Crippen molar-refractivity contribution in [3.63, 3.8) is 0 Å². The van der Waals surface area contributed by atoms with E-state index >= 15 is 0 Å². The Kier molecular flexibility index (Phi) is 8.21. The molecule has 0 spiro atoms. The third-order valence-electron chi connectivity index (χ3n) is 4.14. The number of benzene rings is 2. The summed E-state index contributed by atoms with van der Waals surface area (Å²) in [5.41, 5.74) is 2.94. The van der Waals surface area contributed by atoms with Crippen LogP contribution in [0.2, 0.25) is 0 Å². The van der Waals surface area contributed by atoms with Gasteiger partial charge in [0.15, 0.2) is 12.9 Å². The van der Waals surface area contributed by atoms with Crippen LogP contribution in [-0.2, 0) is 9.59 Å². The van der Waals surface area contributed by atoms with E-state index in [1.165, 1.54) is 0 Å². The molecule has 0 heterocycles. The Morgan fingerprint density at radius 1 is 1.03 bits per heavy atom. The van der Waals surface area contributed by atoms with Gasteiger partial charge in [-0.3, -0.25) is 14.4 Å². The lowest BCUT2D eigenvalue weighted by molar-refractivity contribution is -0.125. The van der Waals surface area contributed by atoms with E-state index in [1.54, 1.807) is 18.2 Å². The average Bonchev–Trinajstić information content (AvgIpc) is 2.72. The fourth-order valence-corrected chi connectivity index (χ4v) is 2.62. The number of anilines is 1. The first kappa shape index (κ1) is 21.9. The number of carbonyl (C=O) groups is 3. The Hall–Kier alpha value is -3.35. The fraction of sp³-hybridized carbons (Fsp3) is 0.318. The maximum atomic E-state index is 12.1. The quantitative estimate of drug-likeness (QED) is 0.600. The molecule has 0 aromatic heterocycles. The molecular formula is C22H26N2O5. The van der Waals surface area contributed by atoms with Gasteiger partial charge in [0.1, 0.15) is 11.5 Å². The number of amides is 2. The Balaban J connectivity index is 1.86. The highest BCUT2D eigenvalue weighted by molar-refractivity contribution is 5.95. The first-order valence-corrected chi connectivity index (χ1v) is 9.42. The molecule has 7 nitrogen and oxygen atoms in total. The van der Waals surface area contributed by atoms with Gasteiger partial charge in [0.05, 0.1) is 18.7 Å². The van der Waals surface area contributed by atoms with Crippen LogP contribution in [-0.4, -0.2) is 37.9 Å². The van der Waals surface area contributed by atoms with Crippen LogP contribution in [0.4, 0.5) is 5.69 Å². The molecule has 154 valence electrons. The maximum Gasteiger partial charge on any atom is 0.258 e. The highest BCUT2D eigenvalue weighted by Crippen LogP contribution is 2.24. The van der Waals surface area contributed by atoms with Gasteiger partial charge in [0.25, 0.3) is 5.91 Å². The van der Waals surface area contributed by atoms with E-state index in [9.17, 15) is 14.4 Å². The molecule has 2 N–H and O–H groups in total. The summed E-state index contributed by atoms with van der Waals surface area (Å²) in [6, 6.07) is 10.5. The van der Waals surface area contributed by atoms with Gasteiger partial charge in [-0.2, -0.15) is 0 Å². The zero-order valence-electron chi connectivity index (χ0n) is 16.9. The summed E-state index contributed by atoms with van der Waals surface area (Å²) in [4.78, 5) is 35.3. The SMILES string of the molecule is CCCOc1ccc(C=O)c(OCC(=O)NCC(=O)Nc2c(C)cccc2C)c1. The first-order valence-electron chi connectivity index (χ1n) is 9.42. The summed E-state index contributed by atoms with van der Waals surface area (Å²) in [7, 11) is 0. The van der Waals surface area contributed by atoms with Crippen LogP contribution in [0.15, 0.2) is 36.4 Å². The average molecular weight is 398 g/mol. The molecule has 7 heteroatoms. The van der Waals surface area contributed by atoms with Crippen LogP contribution in [0.5, 0.6) is 11.5 Å². The standard InChI is InChI=1S/C22H26N2O5/c1-4-10-28-18-9-8-17(13-25)19(11-18)29-14-21(27)23-12-20(26)24-22-15(2)6-5-7-16(22)3/h5-9,11,13H,4,10,12,14H2,1-3H3,(H,23,27)(H,24,26). The number of aldehydes is 1. The van der Waals surface area contributed by atoms with E-state index in [1.807, 2.05) is 39.0 Å². The predicted molar refractivity (Wildman–Crippen MR) is 111 cm³/mol. The molecular weight excluding hydrogens is 372 g/mol. The summed E-state index contributed by atoms with van der Waals surface area (Å²) >= 11 is 0. The van der Waals surface area contributed by atoms with Crippen molar-refractivity contribution < 1.29 is 23.9 Å². The van der Waals surface area contributed by atoms with E-state index in [4.69, 9.17) is 9.47 Å². The van der Waals surface area contributed by atoms with Gasteiger partial charge < -0.3 is 20.1 Å². The number of nitrogens with one attached hydrogen (secondary N) is 2. The number of hydrogen-bond donors (Lipinski definition) is 2. The van der Waals surface area contributed by atoms with Gasteiger partial charge in [-0.25, -0.2) is 0 Å². The number of hydrogen-bond acceptors (Lipinski definition) is 5. The van der Waals surface area contributed by atoms with Crippen molar-refractivity contribution in [3.05, 3.63) is 53.1 Å². The minimum absolute atomic E-state index is 0.184. The van der Waals surface area contributed by atoms with Crippen LogP contribution in [0.3, 0.4) is 0 Å². The number of aryl methyl sites for hydroxylation is 2. The monoisotopic (exact) mass is 398 g/mol. The van der Waals surface area contributed by atoms with E-state index < -0.39 is 5.91 Å². The zero-order valence-corrected chi connectivity index (χ0v) is 16.9. The van der Waals surface area contributed by atoms with Gasteiger partial charge in [0, 0.05) is 11.8 Å². The molecule has 0 aliphatic carbocycles. The summed E-state index contributed by atoms with van der Waals surface area (Å²) < 4.78 is 11.0. The highest BCUT2D eigenvalue weighted by atomic mass is 16.5. The Labute approximate surface area is 170 Å². The van der Waals surface area contributed by atoms with Crippen molar-refractivity contribution in [3.8, 4) is 11.5 Å². The summed E-state index contributed by atoms with van der Waals surface area (Å²) in [5.74, 6) is 0.00209. The molecule has 0 aliphatic heterocycles. The summed E-state index contributed by atoms with van der Waals surface area (Å²) in [5, 5.41) is 5.30. The molecule has 29 heavy (non-hydrogen) atoms. The molecule has 0 aliphatic rings. The largest absolute Gasteiger partial charge is 0.493 e. The molecule has 0 unspecified atom stereocenters.